The summed E-state index contributed by atoms with van der Waals surface area (Å²) >= 11 is 6.23. The van der Waals surface area contributed by atoms with E-state index in [4.69, 9.17) is 11.6 Å². The first-order chi connectivity index (χ1) is 17.3. The Labute approximate surface area is 215 Å². The van der Waals surface area contributed by atoms with E-state index >= 15 is 0 Å². The maximum absolute atomic E-state index is 12.7. The molecule has 1 N–H and O–H groups in total. The maximum Gasteiger partial charge on any atom is 0.271 e. The highest BCUT2D eigenvalue weighted by atomic mass is 35.5. The largest absolute Gasteiger partial charge is 0.271 e. The average molecular weight is 518 g/mol. The Morgan fingerprint density at radius 2 is 1.69 bits per heavy atom. The van der Waals surface area contributed by atoms with Gasteiger partial charge in [-0.05, 0) is 70.6 Å². The van der Waals surface area contributed by atoms with E-state index in [2.05, 4.69) is 34.8 Å². The third kappa shape index (κ3) is 4.85. The number of hydrazone groups is 1. The van der Waals surface area contributed by atoms with Crippen molar-refractivity contribution >= 4 is 50.2 Å². The fraction of sp³-hybridized carbons (Fsp3) is 0.143. The van der Waals surface area contributed by atoms with Gasteiger partial charge in [-0.15, -0.1) is 0 Å². The van der Waals surface area contributed by atoms with E-state index in [-0.39, 0.29) is 12.5 Å². The Morgan fingerprint density at radius 3 is 2.42 bits per heavy atom. The topological polar surface area (TPSA) is 78.8 Å². The summed E-state index contributed by atoms with van der Waals surface area (Å²) in [5.74, 6) is -0.388. The molecule has 1 aliphatic rings. The molecule has 6 nitrogen and oxygen atoms in total. The second-order valence-electron chi connectivity index (χ2n) is 8.76. The Bertz CT molecular complexity index is 1590. The van der Waals surface area contributed by atoms with Crippen LogP contribution < -0.4 is 9.73 Å². The van der Waals surface area contributed by atoms with Crippen LogP contribution in [-0.2, 0) is 29.4 Å². The molecule has 0 aliphatic heterocycles. The molecule has 182 valence electrons. The molecule has 1 aliphatic carbocycles. The van der Waals surface area contributed by atoms with Crippen LogP contribution in [0.4, 0.5) is 5.69 Å². The molecule has 0 saturated carbocycles. The third-order valence-corrected chi connectivity index (χ3v) is 7.88. The number of halogens is 1. The summed E-state index contributed by atoms with van der Waals surface area (Å²) in [7, 11) is -3.58. The molecule has 0 spiro atoms. The van der Waals surface area contributed by atoms with Gasteiger partial charge in [0.1, 0.15) is 0 Å². The lowest BCUT2D eigenvalue weighted by molar-refractivity contribution is 0.0955. The summed E-state index contributed by atoms with van der Waals surface area (Å²) < 4.78 is 26.2. The molecule has 36 heavy (non-hydrogen) atoms. The van der Waals surface area contributed by atoms with Crippen LogP contribution in [-0.4, -0.2) is 26.8 Å². The first kappa shape index (κ1) is 24.0. The van der Waals surface area contributed by atoms with Gasteiger partial charge in [-0.3, -0.25) is 9.10 Å². The highest BCUT2D eigenvalue weighted by molar-refractivity contribution is 7.92. The van der Waals surface area contributed by atoms with Gasteiger partial charge in [-0.2, -0.15) is 5.10 Å². The summed E-state index contributed by atoms with van der Waals surface area (Å²) in [6.07, 6.45) is 4.90. The molecule has 5 rings (SSSR count). The minimum Gasteiger partial charge on any atom is -0.267 e. The molecule has 0 aromatic heterocycles. The van der Waals surface area contributed by atoms with E-state index in [1.165, 1.54) is 20.8 Å². The minimum atomic E-state index is -3.58. The van der Waals surface area contributed by atoms with E-state index in [1.807, 2.05) is 6.07 Å². The molecule has 1 amide bonds. The van der Waals surface area contributed by atoms with E-state index in [1.54, 1.807) is 54.7 Å². The van der Waals surface area contributed by atoms with Gasteiger partial charge in [0.25, 0.3) is 5.91 Å². The summed E-state index contributed by atoms with van der Waals surface area (Å²) in [4.78, 5) is 12.7. The summed E-state index contributed by atoms with van der Waals surface area (Å²) in [5.41, 5.74) is 7.68. The molecule has 0 heterocycles. The van der Waals surface area contributed by atoms with Gasteiger partial charge in [0.15, 0.2) is 0 Å². The van der Waals surface area contributed by atoms with Gasteiger partial charge in [0.05, 0.1) is 24.7 Å². The quantitative estimate of drug-likeness (QED) is 0.266. The van der Waals surface area contributed by atoms with Crippen molar-refractivity contribution in [2.45, 2.75) is 19.4 Å². The highest BCUT2D eigenvalue weighted by Gasteiger charge is 2.20. The number of amides is 1. The number of nitrogens with zero attached hydrogens (tertiary/aromatic N) is 2. The summed E-state index contributed by atoms with van der Waals surface area (Å²) in [6.45, 7) is 0.0861. The second kappa shape index (κ2) is 9.76. The molecule has 8 heteroatoms. The summed E-state index contributed by atoms with van der Waals surface area (Å²) in [5, 5.41) is 7.07. The number of anilines is 1. The van der Waals surface area contributed by atoms with Gasteiger partial charge in [0.2, 0.25) is 10.0 Å². The standard InChI is InChI=1S/C28H24ClN3O3S/c1-36(34,35)32(18-23-5-2-3-8-26(23)29)24-15-13-21(14-16-24)28(33)31-30-17-22-12-11-20-10-9-19-6-4-7-25(22)27(19)20/h2-8,11-17H,9-10,18H2,1H3,(H,31,33)/b30-17+. The van der Waals surface area contributed by atoms with E-state index in [0.717, 1.165) is 30.0 Å². The van der Waals surface area contributed by atoms with Gasteiger partial charge in [-0.25, -0.2) is 13.8 Å². The molecule has 0 fully saturated rings. The number of sulfonamides is 1. The minimum absolute atomic E-state index is 0.0861. The first-order valence-electron chi connectivity index (χ1n) is 11.5. The third-order valence-electron chi connectivity index (χ3n) is 6.37. The Morgan fingerprint density at radius 1 is 0.972 bits per heavy atom. The van der Waals surface area contributed by atoms with Crippen molar-refractivity contribution < 1.29 is 13.2 Å². The monoisotopic (exact) mass is 517 g/mol. The van der Waals surface area contributed by atoms with Gasteiger partial charge >= 0.3 is 0 Å². The van der Waals surface area contributed by atoms with Gasteiger partial charge < -0.3 is 0 Å². The number of aryl methyl sites for hydroxylation is 2. The highest BCUT2D eigenvalue weighted by Crippen LogP contribution is 2.32. The van der Waals surface area contributed by atoms with Crippen molar-refractivity contribution in [1.29, 1.82) is 0 Å². The van der Waals surface area contributed by atoms with Crippen molar-refractivity contribution in [1.82, 2.24) is 5.43 Å². The van der Waals surface area contributed by atoms with Gasteiger partial charge in [0, 0.05) is 16.1 Å². The zero-order chi connectivity index (χ0) is 25.3. The van der Waals surface area contributed by atoms with Crippen LogP contribution in [0.5, 0.6) is 0 Å². The van der Waals surface area contributed by atoms with E-state index in [9.17, 15) is 13.2 Å². The number of hydrogen-bond acceptors (Lipinski definition) is 4. The Kier molecular flexibility index (Phi) is 6.51. The number of nitrogens with one attached hydrogen (secondary N) is 1. The van der Waals surface area contributed by atoms with Crippen LogP contribution in [0.1, 0.15) is 32.6 Å². The van der Waals surface area contributed by atoms with Crippen molar-refractivity contribution in [3.63, 3.8) is 0 Å². The number of rotatable bonds is 7. The zero-order valence-electron chi connectivity index (χ0n) is 19.6. The van der Waals surface area contributed by atoms with Crippen LogP contribution in [0.25, 0.3) is 10.8 Å². The van der Waals surface area contributed by atoms with Crippen LogP contribution in [0.15, 0.2) is 84.0 Å². The molecule has 4 aromatic carbocycles. The normalized spacial score (nSPS) is 12.8. The zero-order valence-corrected chi connectivity index (χ0v) is 21.2. The fourth-order valence-electron chi connectivity index (χ4n) is 4.57. The number of hydrogen-bond donors (Lipinski definition) is 1. The molecule has 4 aromatic rings. The fourth-order valence-corrected chi connectivity index (χ4v) is 5.64. The van der Waals surface area contributed by atoms with Crippen molar-refractivity contribution in [2.75, 3.05) is 10.6 Å². The molecular weight excluding hydrogens is 494 g/mol. The number of benzene rings is 4. The number of carbonyl (C=O) groups is 1. The predicted octanol–water partition coefficient (Wildman–Crippen LogP) is 5.32. The average Bonchev–Trinajstić information content (AvgIpc) is 3.29. The lowest BCUT2D eigenvalue weighted by Crippen LogP contribution is -2.29. The van der Waals surface area contributed by atoms with E-state index in [0.29, 0.717) is 21.8 Å². The van der Waals surface area contributed by atoms with E-state index < -0.39 is 10.0 Å². The smallest absolute Gasteiger partial charge is 0.267 e. The maximum atomic E-state index is 12.7. The molecule has 0 atom stereocenters. The molecule has 0 bridgehead atoms. The Balaban J connectivity index is 1.31. The second-order valence-corrected chi connectivity index (χ2v) is 11.1. The van der Waals surface area contributed by atoms with Crippen LogP contribution in [0, 0.1) is 0 Å². The molecule has 0 saturated heterocycles. The lowest BCUT2D eigenvalue weighted by Gasteiger charge is -2.23. The number of carbonyl (C=O) groups excluding carboxylic acids is 1. The molecular formula is C28H24ClN3O3S. The van der Waals surface area contributed by atoms with Gasteiger partial charge in [-0.1, -0.05) is 60.1 Å². The Hall–Kier alpha value is -3.68. The molecule has 0 radical (unpaired) electrons. The van der Waals surface area contributed by atoms with Crippen molar-refractivity contribution in [3.05, 3.63) is 112 Å². The predicted molar refractivity (Wildman–Crippen MR) is 145 cm³/mol. The lowest BCUT2D eigenvalue weighted by atomic mass is 10.0. The van der Waals surface area contributed by atoms with Crippen LogP contribution >= 0.6 is 11.6 Å². The van der Waals surface area contributed by atoms with Crippen molar-refractivity contribution in [2.24, 2.45) is 5.10 Å². The summed E-state index contributed by atoms with van der Waals surface area (Å²) in [6, 6.07) is 23.9. The SMILES string of the molecule is CS(=O)(=O)N(Cc1ccccc1Cl)c1ccc(C(=O)N/N=C/c2ccc3c4c(cccc24)CC3)cc1. The first-order valence-corrected chi connectivity index (χ1v) is 13.7. The van der Waals surface area contributed by atoms with Crippen molar-refractivity contribution in [3.8, 4) is 0 Å². The molecule has 0 unspecified atom stereocenters. The van der Waals surface area contributed by atoms with Crippen LogP contribution in [0.2, 0.25) is 5.02 Å². The van der Waals surface area contributed by atoms with Crippen LogP contribution in [0.3, 0.4) is 0 Å².